The first-order valence-electron chi connectivity index (χ1n) is 6.90. The van der Waals surface area contributed by atoms with E-state index >= 15 is 0 Å². The Labute approximate surface area is 151 Å². The maximum Gasteiger partial charge on any atom is 0.258 e. The van der Waals surface area contributed by atoms with Gasteiger partial charge in [-0.05, 0) is 29.8 Å². The van der Waals surface area contributed by atoms with Crippen LogP contribution in [0.2, 0.25) is 10.0 Å². The third-order valence-electron chi connectivity index (χ3n) is 3.19. The molecule has 0 atom stereocenters. The van der Waals surface area contributed by atoms with E-state index in [1.54, 1.807) is 18.3 Å². The standard InChI is InChI=1S/C16H11Cl2N3O2S/c17-11-2-3-13(18)10(5-11)6-12-8-20-16(24-12)21-15(23)9-1-4-14(22)19-7-9/h1-5,7-8H,6H2,(H,19,22)(H,20,21,23). The third-order valence-corrected chi connectivity index (χ3v) is 4.71. The molecule has 2 N–H and O–H groups in total. The van der Waals surface area contributed by atoms with Gasteiger partial charge in [-0.25, -0.2) is 4.98 Å². The molecule has 3 aromatic rings. The summed E-state index contributed by atoms with van der Waals surface area (Å²) < 4.78 is 0. The fourth-order valence-electron chi connectivity index (χ4n) is 2.03. The Bertz CT molecular complexity index is 932. The van der Waals surface area contributed by atoms with Crippen molar-refractivity contribution in [2.24, 2.45) is 0 Å². The van der Waals surface area contributed by atoms with E-state index < -0.39 is 0 Å². The van der Waals surface area contributed by atoms with Crippen molar-refractivity contribution in [3.05, 3.63) is 79.1 Å². The van der Waals surface area contributed by atoms with Gasteiger partial charge in [0, 0.05) is 39.8 Å². The number of aromatic amines is 1. The SMILES string of the molecule is O=C(Nc1ncc(Cc2cc(Cl)ccc2Cl)s1)c1ccc(=O)[nH]c1. The van der Waals surface area contributed by atoms with E-state index in [2.05, 4.69) is 15.3 Å². The number of H-pyrrole nitrogens is 1. The van der Waals surface area contributed by atoms with Gasteiger partial charge in [-0.15, -0.1) is 11.3 Å². The molecule has 0 aliphatic rings. The lowest BCUT2D eigenvalue weighted by molar-refractivity contribution is 0.102. The second-order valence-corrected chi connectivity index (χ2v) is 6.90. The summed E-state index contributed by atoms with van der Waals surface area (Å²) in [5, 5.41) is 4.42. The van der Waals surface area contributed by atoms with Gasteiger partial charge in [0.25, 0.3) is 5.91 Å². The summed E-state index contributed by atoms with van der Waals surface area (Å²) >= 11 is 13.5. The molecule has 1 aromatic carbocycles. The highest BCUT2D eigenvalue weighted by atomic mass is 35.5. The maximum absolute atomic E-state index is 12.1. The van der Waals surface area contributed by atoms with Gasteiger partial charge >= 0.3 is 0 Å². The zero-order chi connectivity index (χ0) is 17.1. The third kappa shape index (κ3) is 4.03. The number of hydrogen-bond acceptors (Lipinski definition) is 4. The lowest BCUT2D eigenvalue weighted by atomic mass is 10.1. The van der Waals surface area contributed by atoms with Crippen molar-refractivity contribution in [2.75, 3.05) is 5.32 Å². The van der Waals surface area contributed by atoms with Crippen LogP contribution in [0.25, 0.3) is 0 Å². The summed E-state index contributed by atoms with van der Waals surface area (Å²) in [6.07, 6.45) is 3.62. The Kier molecular flexibility index (Phi) is 4.99. The number of carbonyl (C=O) groups excluding carboxylic acids is 1. The van der Waals surface area contributed by atoms with E-state index in [0.29, 0.717) is 27.2 Å². The molecule has 0 aliphatic heterocycles. The Balaban J connectivity index is 1.71. The largest absolute Gasteiger partial charge is 0.328 e. The number of thiazole rings is 1. The molecule has 2 aromatic heterocycles. The number of carbonyl (C=O) groups is 1. The minimum Gasteiger partial charge on any atom is -0.328 e. The van der Waals surface area contributed by atoms with Crippen LogP contribution in [0.3, 0.4) is 0 Å². The molecule has 0 saturated heterocycles. The summed E-state index contributed by atoms with van der Waals surface area (Å²) in [6, 6.07) is 8.04. The number of pyridine rings is 1. The number of benzene rings is 1. The summed E-state index contributed by atoms with van der Waals surface area (Å²) in [7, 11) is 0. The van der Waals surface area contributed by atoms with Crippen LogP contribution in [-0.2, 0) is 6.42 Å². The highest BCUT2D eigenvalue weighted by molar-refractivity contribution is 7.15. The number of amides is 1. The predicted octanol–water partition coefficient (Wildman–Crippen LogP) is 3.98. The minimum absolute atomic E-state index is 0.263. The van der Waals surface area contributed by atoms with Crippen molar-refractivity contribution in [3.8, 4) is 0 Å². The zero-order valence-electron chi connectivity index (χ0n) is 12.2. The van der Waals surface area contributed by atoms with Crippen LogP contribution < -0.4 is 10.9 Å². The first kappa shape index (κ1) is 16.7. The topological polar surface area (TPSA) is 74.8 Å². The van der Waals surface area contributed by atoms with Crippen LogP contribution in [0, 0.1) is 0 Å². The number of halogens is 2. The van der Waals surface area contributed by atoms with Gasteiger partial charge in [0.05, 0.1) is 5.56 Å². The summed E-state index contributed by atoms with van der Waals surface area (Å²) in [6.45, 7) is 0. The zero-order valence-corrected chi connectivity index (χ0v) is 14.5. The van der Waals surface area contributed by atoms with E-state index in [1.165, 1.54) is 29.7 Å². The van der Waals surface area contributed by atoms with Gasteiger partial charge in [0.2, 0.25) is 5.56 Å². The molecule has 5 nitrogen and oxygen atoms in total. The van der Waals surface area contributed by atoms with E-state index in [4.69, 9.17) is 23.2 Å². The molecular formula is C16H11Cl2N3O2S. The lowest BCUT2D eigenvalue weighted by Gasteiger charge is -2.03. The van der Waals surface area contributed by atoms with Gasteiger partial charge in [0.15, 0.2) is 5.13 Å². The first-order valence-corrected chi connectivity index (χ1v) is 8.47. The Morgan fingerprint density at radius 3 is 2.83 bits per heavy atom. The van der Waals surface area contributed by atoms with Crippen LogP contribution >= 0.6 is 34.5 Å². The number of aromatic nitrogens is 2. The van der Waals surface area contributed by atoms with Gasteiger partial charge in [0.1, 0.15) is 0 Å². The smallest absolute Gasteiger partial charge is 0.258 e. The highest BCUT2D eigenvalue weighted by Crippen LogP contribution is 2.27. The van der Waals surface area contributed by atoms with Crippen LogP contribution in [0.5, 0.6) is 0 Å². The number of anilines is 1. The molecule has 0 unspecified atom stereocenters. The first-order chi connectivity index (χ1) is 11.5. The van der Waals surface area contributed by atoms with Gasteiger partial charge in [-0.2, -0.15) is 0 Å². The van der Waals surface area contributed by atoms with E-state index in [1.807, 2.05) is 6.07 Å². The van der Waals surface area contributed by atoms with Crippen molar-refractivity contribution in [1.82, 2.24) is 9.97 Å². The summed E-state index contributed by atoms with van der Waals surface area (Å²) in [5.41, 5.74) is 0.983. The Morgan fingerprint density at radius 2 is 2.08 bits per heavy atom. The van der Waals surface area contributed by atoms with E-state index in [9.17, 15) is 9.59 Å². The minimum atomic E-state index is -0.340. The van der Waals surface area contributed by atoms with Crippen molar-refractivity contribution >= 4 is 45.6 Å². The molecule has 24 heavy (non-hydrogen) atoms. The number of rotatable bonds is 4. The molecule has 0 spiro atoms. The monoisotopic (exact) mass is 379 g/mol. The number of nitrogens with one attached hydrogen (secondary N) is 2. The number of hydrogen-bond donors (Lipinski definition) is 2. The second kappa shape index (κ2) is 7.17. The van der Waals surface area contributed by atoms with Crippen LogP contribution in [-0.4, -0.2) is 15.9 Å². The number of nitrogens with zero attached hydrogens (tertiary/aromatic N) is 1. The van der Waals surface area contributed by atoms with Crippen LogP contribution in [0.15, 0.2) is 47.5 Å². The average Bonchev–Trinajstić information content (AvgIpc) is 2.98. The fourth-order valence-corrected chi connectivity index (χ4v) is 3.24. The fraction of sp³-hybridized carbons (Fsp3) is 0.0625. The molecule has 0 fully saturated rings. The summed E-state index contributed by atoms with van der Waals surface area (Å²) in [4.78, 5) is 30.7. The molecule has 1 amide bonds. The van der Waals surface area contributed by atoms with E-state index in [-0.39, 0.29) is 11.5 Å². The van der Waals surface area contributed by atoms with Gasteiger partial charge < -0.3 is 4.98 Å². The molecule has 0 radical (unpaired) electrons. The molecular weight excluding hydrogens is 369 g/mol. The summed E-state index contributed by atoms with van der Waals surface area (Å²) in [5.74, 6) is -0.340. The molecule has 122 valence electrons. The molecule has 0 saturated carbocycles. The molecule has 8 heteroatoms. The quantitative estimate of drug-likeness (QED) is 0.719. The van der Waals surface area contributed by atoms with Gasteiger partial charge in [-0.1, -0.05) is 23.2 Å². The molecule has 0 aliphatic carbocycles. The lowest BCUT2D eigenvalue weighted by Crippen LogP contribution is -2.14. The second-order valence-electron chi connectivity index (χ2n) is 4.94. The highest BCUT2D eigenvalue weighted by Gasteiger charge is 2.11. The van der Waals surface area contributed by atoms with Crippen molar-refractivity contribution < 1.29 is 4.79 Å². The molecule has 0 bridgehead atoms. The van der Waals surface area contributed by atoms with Crippen LogP contribution in [0.1, 0.15) is 20.8 Å². The van der Waals surface area contributed by atoms with E-state index in [0.717, 1.165) is 10.4 Å². The predicted molar refractivity (Wildman–Crippen MR) is 96.4 cm³/mol. The van der Waals surface area contributed by atoms with Crippen molar-refractivity contribution in [3.63, 3.8) is 0 Å². The van der Waals surface area contributed by atoms with Crippen molar-refractivity contribution in [2.45, 2.75) is 6.42 Å². The molecule has 2 heterocycles. The average molecular weight is 380 g/mol. The normalized spacial score (nSPS) is 10.6. The van der Waals surface area contributed by atoms with Crippen LogP contribution in [0.4, 0.5) is 5.13 Å². The maximum atomic E-state index is 12.1. The Morgan fingerprint density at radius 1 is 1.25 bits per heavy atom. The van der Waals surface area contributed by atoms with Crippen molar-refractivity contribution in [1.29, 1.82) is 0 Å². The molecule has 3 rings (SSSR count). The Hall–Kier alpha value is -2.15. The van der Waals surface area contributed by atoms with Gasteiger partial charge in [-0.3, -0.25) is 14.9 Å².